The number of benzene rings is 1. The number of nitrogens with zero attached hydrogens (tertiary/aromatic N) is 2. The molecule has 2 aromatic rings. The molecule has 1 aromatic carbocycles. The molecule has 1 aliphatic carbocycles. The summed E-state index contributed by atoms with van der Waals surface area (Å²) in [6.45, 7) is 6.63. The topological polar surface area (TPSA) is 63.8 Å². The molecule has 1 heterocycles. The van der Waals surface area contributed by atoms with E-state index in [4.69, 9.17) is 5.73 Å². The number of nitrogens with one attached hydrogen (secondary N) is 1. The summed E-state index contributed by atoms with van der Waals surface area (Å²) in [5.74, 6) is 2.66. The van der Waals surface area contributed by atoms with E-state index in [-0.39, 0.29) is 5.41 Å². The van der Waals surface area contributed by atoms with Crippen LogP contribution in [0.4, 0.5) is 17.3 Å². The maximum Gasteiger partial charge on any atom is 0.136 e. The lowest BCUT2D eigenvalue weighted by molar-refractivity contribution is 0.590. The first-order chi connectivity index (χ1) is 9.91. The molecule has 3 rings (SSSR count). The van der Waals surface area contributed by atoms with E-state index in [0.29, 0.717) is 11.7 Å². The van der Waals surface area contributed by atoms with E-state index < -0.39 is 0 Å². The number of rotatable bonds is 3. The zero-order valence-electron chi connectivity index (χ0n) is 12.9. The van der Waals surface area contributed by atoms with Crippen LogP contribution in [0.1, 0.15) is 50.9 Å². The molecule has 0 bridgehead atoms. The maximum absolute atomic E-state index is 5.87. The van der Waals surface area contributed by atoms with Crippen LogP contribution in [0.5, 0.6) is 0 Å². The van der Waals surface area contributed by atoms with E-state index in [1.54, 1.807) is 6.07 Å². The zero-order valence-corrected chi connectivity index (χ0v) is 12.9. The van der Waals surface area contributed by atoms with Gasteiger partial charge in [-0.1, -0.05) is 32.9 Å². The lowest BCUT2D eigenvalue weighted by Crippen LogP contribution is -2.10. The van der Waals surface area contributed by atoms with Gasteiger partial charge in [-0.05, 0) is 36.0 Å². The number of hydrogen-bond acceptors (Lipinski definition) is 4. The van der Waals surface area contributed by atoms with Crippen molar-refractivity contribution in [3.63, 3.8) is 0 Å². The highest BCUT2D eigenvalue weighted by atomic mass is 15.1. The van der Waals surface area contributed by atoms with Crippen molar-refractivity contribution < 1.29 is 0 Å². The van der Waals surface area contributed by atoms with Gasteiger partial charge < -0.3 is 11.1 Å². The van der Waals surface area contributed by atoms with Crippen LogP contribution in [0.3, 0.4) is 0 Å². The van der Waals surface area contributed by atoms with Crippen molar-refractivity contribution in [2.75, 3.05) is 11.1 Å². The largest absolute Gasteiger partial charge is 0.384 e. The number of nitrogen functional groups attached to an aromatic ring is 1. The second-order valence-electron chi connectivity index (χ2n) is 6.76. The number of nitrogens with two attached hydrogens (primary N) is 1. The summed E-state index contributed by atoms with van der Waals surface area (Å²) < 4.78 is 0. The third-order valence-electron chi connectivity index (χ3n) is 3.73. The second-order valence-corrected chi connectivity index (χ2v) is 6.76. The van der Waals surface area contributed by atoms with Crippen molar-refractivity contribution in [3.05, 3.63) is 41.7 Å². The van der Waals surface area contributed by atoms with Gasteiger partial charge in [0.15, 0.2) is 0 Å². The van der Waals surface area contributed by atoms with Gasteiger partial charge in [0.2, 0.25) is 0 Å². The molecule has 1 aliphatic rings. The zero-order chi connectivity index (χ0) is 15.0. The Morgan fingerprint density at radius 3 is 2.33 bits per heavy atom. The Kier molecular flexibility index (Phi) is 3.32. The average Bonchev–Trinajstić information content (AvgIpc) is 3.21. The summed E-state index contributed by atoms with van der Waals surface area (Å²) in [5, 5.41) is 3.32. The van der Waals surface area contributed by atoms with Gasteiger partial charge in [0.25, 0.3) is 0 Å². The van der Waals surface area contributed by atoms with Gasteiger partial charge >= 0.3 is 0 Å². The van der Waals surface area contributed by atoms with E-state index in [1.807, 2.05) is 0 Å². The molecule has 4 nitrogen and oxygen atoms in total. The summed E-state index contributed by atoms with van der Waals surface area (Å²) in [5.41, 5.74) is 8.36. The van der Waals surface area contributed by atoms with Crippen molar-refractivity contribution in [3.8, 4) is 0 Å². The van der Waals surface area contributed by atoms with E-state index in [1.165, 1.54) is 18.4 Å². The summed E-state index contributed by atoms with van der Waals surface area (Å²) in [6.07, 6.45) is 2.34. The van der Waals surface area contributed by atoms with Crippen molar-refractivity contribution in [1.82, 2.24) is 9.97 Å². The molecule has 0 spiro atoms. The molecule has 21 heavy (non-hydrogen) atoms. The highest BCUT2D eigenvalue weighted by molar-refractivity contribution is 5.59. The molecule has 0 atom stereocenters. The minimum atomic E-state index is 0.164. The van der Waals surface area contributed by atoms with Crippen LogP contribution in [-0.2, 0) is 5.41 Å². The van der Waals surface area contributed by atoms with Crippen LogP contribution in [0.25, 0.3) is 0 Å². The van der Waals surface area contributed by atoms with Gasteiger partial charge in [0.05, 0.1) is 0 Å². The van der Waals surface area contributed by atoms with Gasteiger partial charge in [-0.2, -0.15) is 0 Å². The van der Waals surface area contributed by atoms with E-state index in [2.05, 4.69) is 60.3 Å². The molecular formula is C17H22N4. The molecule has 0 saturated heterocycles. The quantitative estimate of drug-likeness (QED) is 0.893. The van der Waals surface area contributed by atoms with Crippen LogP contribution in [0.2, 0.25) is 0 Å². The van der Waals surface area contributed by atoms with Crippen LogP contribution >= 0.6 is 0 Å². The minimum Gasteiger partial charge on any atom is -0.384 e. The van der Waals surface area contributed by atoms with E-state index in [9.17, 15) is 0 Å². The molecule has 0 radical (unpaired) electrons. The molecule has 1 fully saturated rings. The van der Waals surface area contributed by atoms with Crippen LogP contribution in [0, 0.1) is 0 Å². The molecule has 0 unspecified atom stereocenters. The Hall–Kier alpha value is -2.10. The van der Waals surface area contributed by atoms with E-state index in [0.717, 1.165) is 17.3 Å². The molecular weight excluding hydrogens is 260 g/mol. The monoisotopic (exact) mass is 282 g/mol. The Morgan fingerprint density at radius 2 is 1.76 bits per heavy atom. The van der Waals surface area contributed by atoms with Crippen molar-refractivity contribution in [2.45, 2.75) is 44.9 Å². The van der Waals surface area contributed by atoms with Crippen LogP contribution < -0.4 is 11.1 Å². The molecule has 1 aromatic heterocycles. The minimum absolute atomic E-state index is 0.164. The van der Waals surface area contributed by atoms with Crippen molar-refractivity contribution in [1.29, 1.82) is 0 Å². The Morgan fingerprint density at radius 1 is 1.10 bits per heavy atom. The third kappa shape index (κ3) is 3.32. The average molecular weight is 282 g/mol. The summed E-state index contributed by atoms with van der Waals surface area (Å²) >= 11 is 0. The van der Waals surface area contributed by atoms with Gasteiger partial charge in [-0.3, -0.25) is 0 Å². The third-order valence-corrected chi connectivity index (χ3v) is 3.73. The molecule has 1 saturated carbocycles. The first-order valence-corrected chi connectivity index (χ1v) is 7.44. The van der Waals surface area contributed by atoms with Gasteiger partial charge in [-0.25, -0.2) is 9.97 Å². The molecule has 110 valence electrons. The fraction of sp³-hybridized carbons (Fsp3) is 0.412. The summed E-state index contributed by atoms with van der Waals surface area (Å²) in [4.78, 5) is 8.87. The van der Waals surface area contributed by atoms with Gasteiger partial charge in [-0.15, -0.1) is 0 Å². The summed E-state index contributed by atoms with van der Waals surface area (Å²) in [6, 6.07) is 10.2. The first kappa shape index (κ1) is 13.9. The Bertz CT molecular complexity index is 637. The molecule has 3 N–H and O–H groups in total. The predicted molar refractivity (Wildman–Crippen MR) is 86.8 cm³/mol. The number of aromatic nitrogens is 2. The van der Waals surface area contributed by atoms with Crippen LogP contribution in [0.15, 0.2) is 30.3 Å². The highest BCUT2D eigenvalue weighted by Gasteiger charge is 2.27. The number of hydrogen-bond donors (Lipinski definition) is 2. The van der Waals surface area contributed by atoms with E-state index >= 15 is 0 Å². The smallest absolute Gasteiger partial charge is 0.136 e. The second kappa shape index (κ2) is 5.02. The first-order valence-electron chi connectivity index (χ1n) is 7.44. The number of anilines is 3. The fourth-order valence-electron chi connectivity index (χ4n) is 2.27. The lowest BCUT2D eigenvalue weighted by Gasteiger charge is -2.19. The standard InChI is InChI=1S/C17H22N4/c1-17(2,3)12-6-8-13(9-7-12)19-15-10-14(18)20-16(21-15)11-4-5-11/h6-11H,4-5H2,1-3H3,(H3,18,19,20,21). The lowest BCUT2D eigenvalue weighted by atomic mass is 9.87. The van der Waals surface area contributed by atoms with Crippen LogP contribution in [-0.4, -0.2) is 9.97 Å². The molecule has 4 heteroatoms. The van der Waals surface area contributed by atoms with Gasteiger partial charge in [0, 0.05) is 17.7 Å². The Balaban J connectivity index is 1.80. The van der Waals surface area contributed by atoms with Crippen molar-refractivity contribution >= 4 is 17.3 Å². The SMILES string of the molecule is CC(C)(C)c1ccc(Nc2cc(N)nc(C3CC3)n2)cc1. The fourth-order valence-corrected chi connectivity index (χ4v) is 2.27. The highest BCUT2D eigenvalue weighted by Crippen LogP contribution is 2.38. The maximum atomic E-state index is 5.87. The predicted octanol–water partition coefficient (Wildman–Crippen LogP) is 3.98. The normalized spacial score (nSPS) is 15.0. The van der Waals surface area contributed by atoms with Crippen molar-refractivity contribution in [2.24, 2.45) is 0 Å². The Labute approximate surface area is 125 Å². The van der Waals surface area contributed by atoms with Gasteiger partial charge in [0.1, 0.15) is 17.5 Å². The summed E-state index contributed by atoms with van der Waals surface area (Å²) in [7, 11) is 0. The molecule has 0 amide bonds. The molecule has 0 aliphatic heterocycles.